The highest BCUT2D eigenvalue weighted by atomic mass is 16.7. The molecule has 0 aliphatic heterocycles. The molecular weight excluding hydrogens is 284 g/mol. The van der Waals surface area contributed by atoms with E-state index in [0.717, 1.165) is 10.9 Å². The molecule has 22 heavy (non-hydrogen) atoms. The average Bonchev–Trinajstić information content (AvgIpc) is 2.86. The molecule has 1 aromatic carbocycles. The van der Waals surface area contributed by atoms with Crippen LogP contribution in [0, 0.1) is 0 Å². The number of hydrogen-bond donors (Lipinski definition) is 3. The van der Waals surface area contributed by atoms with Gasteiger partial charge in [0, 0.05) is 22.7 Å². The van der Waals surface area contributed by atoms with Gasteiger partial charge in [0.15, 0.2) is 6.04 Å². The van der Waals surface area contributed by atoms with Crippen molar-refractivity contribution < 1.29 is 19.5 Å². The van der Waals surface area contributed by atoms with E-state index in [2.05, 4.69) is 10.5 Å². The molecule has 0 aliphatic rings. The van der Waals surface area contributed by atoms with E-state index in [1.54, 1.807) is 32.9 Å². The van der Waals surface area contributed by atoms with E-state index in [4.69, 9.17) is 4.84 Å². The smallest absolute Gasteiger partial charge is 0.328 e. The second-order valence-corrected chi connectivity index (χ2v) is 5.87. The van der Waals surface area contributed by atoms with Crippen LogP contribution < -0.4 is 5.48 Å². The Balaban J connectivity index is 2.40. The van der Waals surface area contributed by atoms with Crippen LogP contribution in [0.5, 0.6) is 0 Å². The number of H-pyrrole nitrogens is 1. The van der Waals surface area contributed by atoms with Crippen LogP contribution in [0.1, 0.15) is 26.3 Å². The Labute approximate surface area is 127 Å². The number of hydroxylamine groups is 1. The molecule has 0 amide bonds. The first-order valence-electron chi connectivity index (χ1n) is 6.81. The second kappa shape index (κ2) is 6.15. The van der Waals surface area contributed by atoms with Crippen molar-refractivity contribution >= 4 is 28.4 Å². The first kappa shape index (κ1) is 16.0. The van der Waals surface area contributed by atoms with Crippen LogP contribution in [-0.2, 0) is 14.4 Å². The van der Waals surface area contributed by atoms with Crippen LogP contribution in [0.2, 0.25) is 0 Å². The summed E-state index contributed by atoms with van der Waals surface area (Å²) >= 11 is 0. The van der Waals surface area contributed by atoms with E-state index in [1.807, 2.05) is 24.3 Å². The summed E-state index contributed by atoms with van der Waals surface area (Å²) in [7, 11) is 0. The number of para-hydroxylation sites is 1. The molecule has 1 aromatic heterocycles. The van der Waals surface area contributed by atoms with E-state index >= 15 is 0 Å². The lowest BCUT2D eigenvalue weighted by Crippen LogP contribution is -2.42. The predicted molar refractivity (Wildman–Crippen MR) is 82.8 cm³/mol. The number of aromatic amines is 1. The van der Waals surface area contributed by atoms with Gasteiger partial charge in [0.2, 0.25) is 0 Å². The zero-order valence-electron chi connectivity index (χ0n) is 12.6. The summed E-state index contributed by atoms with van der Waals surface area (Å²) in [6, 6.07) is 6.01. The van der Waals surface area contributed by atoms with Crippen molar-refractivity contribution in [3.8, 4) is 0 Å². The molecule has 2 rings (SSSR count). The van der Waals surface area contributed by atoms with Gasteiger partial charge in [-0.3, -0.25) is 9.63 Å². The Morgan fingerprint density at radius 3 is 2.64 bits per heavy atom. The minimum absolute atomic E-state index is 0.0193. The van der Waals surface area contributed by atoms with Crippen molar-refractivity contribution in [3.63, 3.8) is 0 Å². The second-order valence-electron chi connectivity index (χ2n) is 5.87. The van der Waals surface area contributed by atoms with Crippen molar-refractivity contribution in [3.05, 3.63) is 36.0 Å². The van der Waals surface area contributed by atoms with Gasteiger partial charge in [-0.1, -0.05) is 18.2 Å². The molecule has 3 N–H and O–H groups in total. The molecule has 0 bridgehead atoms. The lowest BCUT2D eigenvalue weighted by atomic mass is 10.00. The van der Waals surface area contributed by atoms with E-state index in [9.17, 15) is 14.7 Å². The molecule has 0 saturated heterocycles. The number of carboxylic acids is 1. The third-order valence-electron chi connectivity index (χ3n) is 3.01. The minimum atomic E-state index is -1.31. The summed E-state index contributed by atoms with van der Waals surface area (Å²) in [6.07, 6.45) is 1.60. The van der Waals surface area contributed by atoms with Crippen molar-refractivity contribution in [2.24, 2.45) is 0 Å². The fourth-order valence-corrected chi connectivity index (χ4v) is 2.03. The third-order valence-corrected chi connectivity index (χ3v) is 3.01. The summed E-state index contributed by atoms with van der Waals surface area (Å²) in [4.78, 5) is 31.2. The quantitative estimate of drug-likeness (QED) is 0.581. The van der Waals surface area contributed by atoms with Gasteiger partial charge in [-0.15, -0.1) is 0 Å². The van der Waals surface area contributed by atoms with Crippen molar-refractivity contribution in [2.75, 3.05) is 0 Å². The highest BCUT2D eigenvalue weighted by molar-refractivity contribution is 6.07. The van der Waals surface area contributed by atoms with Gasteiger partial charge < -0.3 is 10.1 Å². The zero-order valence-corrected chi connectivity index (χ0v) is 12.6. The van der Waals surface area contributed by atoms with Gasteiger partial charge in [0.05, 0.1) is 11.2 Å². The first-order chi connectivity index (χ1) is 10.3. The number of fused-ring (bicyclic) bond motifs is 1. The van der Waals surface area contributed by atoms with Gasteiger partial charge in [-0.05, 0) is 26.8 Å². The van der Waals surface area contributed by atoms with Gasteiger partial charge in [-0.25, -0.2) is 4.79 Å². The Hall–Kier alpha value is -2.40. The van der Waals surface area contributed by atoms with E-state index in [0.29, 0.717) is 5.56 Å². The molecule has 0 fully saturated rings. The number of aliphatic carboxylic acids is 1. The standard InChI is InChI=1S/C16H18N2O4/c1-16(2,3)22-18-14(15(20)21)12(9-19)11-8-17-13-7-5-4-6-10(11)13/h4-8,14,17-18H,1-3H3,(H,20,21)/t14-/m0/s1. The number of carbonyl (C=O) groups is 1. The molecule has 0 aliphatic carbocycles. The van der Waals surface area contributed by atoms with Crippen LogP contribution in [0.25, 0.3) is 16.5 Å². The number of carboxylic acid groups (broad SMARTS) is 1. The van der Waals surface area contributed by atoms with Gasteiger partial charge in [0.1, 0.15) is 5.94 Å². The Bertz CT molecular complexity index is 736. The molecule has 1 heterocycles. The van der Waals surface area contributed by atoms with E-state index < -0.39 is 17.6 Å². The largest absolute Gasteiger partial charge is 0.480 e. The molecule has 0 spiro atoms. The number of rotatable bonds is 5. The van der Waals surface area contributed by atoms with Crippen molar-refractivity contribution in [2.45, 2.75) is 32.4 Å². The highest BCUT2D eigenvalue weighted by Gasteiger charge is 2.28. The van der Waals surface area contributed by atoms with E-state index in [1.165, 1.54) is 0 Å². The topological polar surface area (TPSA) is 91.4 Å². The zero-order chi connectivity index (χ0) is 16.3. The highest BCUT2D eigenvalue weighted by Crippen LogP contribution is 2.26. The van der Waals surface area contributed by atoms with Gasteiger partial charge in [-0.2, -0.15) is 5.48 Å². The number of benzene rings is 1. The van der Waals surface area contributed by atoms with Crippen molar-refractivity contribution in [1.82, 2.24) is 10.5 Å². The fraction of sp³-hybridized carbons (Fsp3) is 0.312. The molecule has 1 atom stereocenters. The Morgan fingerprint density at radius 1 is 1.36 bits per heavy atom. The molecule has 6 heteroatoms. The monoisotopic (exact) mass is 302 g/mol. The number of nitrogens with one attached hydrogen (secondary N) is 2. The SMILES string of the molecule is CC(C)(C)ON[C@H](C(=O)O)C(=C=O)c1c[nH]c2ccccc12. The molecule has 116 valence electrons. The van der Waals surface area contributed by atoms with Crippen LogP contribution in [-0.4, -0.2) is 33.6 Å². The summed E-state index contributed by atoms with van der Waals surface area (Å²) in [5, 5.41) is 10.1. The first-order valence-corrected chi connectivity index (χ1v) is 6.81. The van der Waals surface area contributed by atoms with E-state index in [-0.39, 0.29) is 5.57 Å². The molecule has 0 radical (unpaired) electrons. The maximum Gasteiger partial charge on any atom is 0.328 e. The lowest BCUT2D eigenvalue weighted by Gasteiger charge is -2.23. The number of hydrogen-bond acceptors (Lipinski definition) is 4. The summed E-state index contributed by atoms with van der Waals surface area (Å²) in [6.45, 7) is 5.32. The van der Waals surface area contributed by atoms with Crippen LogP contribution >= 0.6 is 0 Å². The molecule has 0 saturated carbocycles. The maximum absolute atomic E-state index is 11.5. The number of aromatic nitrogens is 1. The lowest BCUT2D eigenvalue weighted by molar-refractivity contribution is -0.146. The minimum Gasteiger partial charge on any atom is -0.480 e. The number of carbonyl (C=O) groups excluding carboxylic acids is 1. The summed E-state index contributed by atoms with van der Waals surface area (Å²) in [5.74, 6) is 0.523. The fourth-order valence-electron chi connectivity index (χ4n) is 2.03. The average molecular weight is 302 g/mol. The summed E-state index contributed by atoms with van der Waals surface area (Å²) in [5.41, 5.74) is 3.14. The Morgan fingerprint density at radius 2 is 2.05 bits per heavy atom. The predicted octanol–water partition coefficient (Wildman–Crippen LogP) is 2.16. The van der Waals surface area contributed by atoms with Gasteiger partial charge in [0.25, 0.3) is 0 Å². The summed E-state index contributed by atoms with van der Waals surface area (Å²) < 4.78 is 0. The normalized spacial score (nSPS) is 12.9. The van der Waals surface area contributed by atoms with Crippen LogP contribution in [0.15, 0.2) is 30.5 Å². The Kier molecular flexibility index (Phi) is 4.47. The van der Waals surface area contributed by atoms with Crippen LogP contribution in [0.4, 0.5) is 0 Å². The third kappa shape index (κ3) is 3.43. The maximum atomic E-state index is 11.5. The molecule has 2 aromatic rings. The molecular formula is C16H18N2O4. The van der Waals surface area contributed by atoms with Crippen LogP contribution in [0.3, 0.4) is 0 Å². The molecule has 0 unspecified atom stereocenters. The van der Waals surface area contributed by atoms with Gasteiger partial charge >= 0.3 is 5.97 Å². The molecule has 6 nitrogen and oxygen atoms in total. The van der Waals surface area contributed by atoms with Crippen molar-refractivity contribution in [1.29, 1.82) is 0 Å².